The molecule has 0 spiro atoms. The van der Waals surface area contributed by atoms with Gasteiger partial charge in [-0.3, -0.25) is 9.10 Å². The number of carbonyl (C=O) groups is 1. The molecule has 0 aromatic heterocycles. The summed E-state index contributed by atoms with van der Waals surface area (Å²) in [4.78, 5) is 13.3. The third-order valence-corrected chi connectivity index (χ3v) is 7.30. The lowest BCUT2D eigenvalue weighted by Gasteiger charge is -2.27. The number of carbonyl (C=O) groups excluding carboxylic acids is 1. The Morgan fingerprint density at radius 2 is 1.58 bits per heavy atom. The monoisotopic (exact) mass is 484 g/mol. The van der Waals surface area contributed by atoms with Crippen molar-refractivity contribution in [3.05, 3.63) is 95.0 Å². The Kier molecular flexibility index (Phi) is 8.16. The Labute approximate surface area is 201 Å². The highest BCUT2D eigenvalue weighted by atomic mass is 35.5. The first-order valence-corrected chi connectivity index (χ1v) is 12.7. The van der Waals surface area contributed by atoms with Crippen molar-refractivity contribution in [2.24, 2.45) is 5.92 Å². The van der Waals surface area contributed by atoms with Crippen LogP contribution in [0.15, 0.2) is 83.8 Å². The summed E-state index contributed by atoms with van der Waals surface area (Å²) in [6, 6.07) is 22.6. The van der Waals surface area contributed by atoms with E-state index in [2.05, 4.69) is 19.2 Å². The van der Waals surface area contributed by atoms with E-state index in [1.165, 1.54) is 12.1 Å². The van der Waals surface area contributed by atoms with Crippen LogP contribution in [0.1, 0.15) is 37.4 Å². The number of benzene rings is 3. The minimum absolute atomic E-state index is 0.119. The highest BCUT2D eigenvalue weighted by molar-refractivity contribution is 7.92. The van der Waals surface area contributed by atoms with Crippen molar-refractivity contribution in [2.45, 2.75) is 38.1 Å². The summed E-state index contributed by atoms with van der Waals surface area (Å²) in [6.07, 6.45) is 0.737. The van der Waals surface area contributed by atoms with E-state index in [1.54, 1.807) is 43.3 Å². The van der Waals surface area contributed by atoms with Crippen molar-refractivity contribution in [2.75, 3.05) is 10.8 Å². The summed E-state index contributed by atoms with van der Waals surface area (Å²) in [5, 5.41) is 3.55. The van der Waals surface area contributed by atoms with Gasteiger partial charge in [0.2, 0.25) is 5.91 Å². The topological polar surface area (TPSA) is 66.5 Å². The Hall–Kier alpha value is -2.83. The highest BCUT2D eigenvalue weighted by Crippen LogP contribution is 2.29. The minimum Gasteiger partial charge on any atom is -0.348 e. The fourth-order valence-corrected chi connectivity index (χ4v) is 5.46. The third kappa shape index (κ3) is 6.36. The molecule has 0 aliphatic rings. The number of halogens is 1. The lowest BCUT2D eigenvalue weighted by molar-refractivity contribution is -0.120. The van der Waals surface area contributed by atoms with Crippen molar-refractivity contribution < 1.29 is 13.2 Å². The van der Waals surface area contributed by atoms with Crippen LogP contribution in [0.25, 0.3) is 0 Å². The van der Waals surface area contributed by atoms with Crippen LogP contribution in [0, 0.1) is 12.8 Å². The maximum absolute atomic E-state index is 13.6. The molecule has 1 unspecified atom stereocenters. The number of anilines is 1. The maximum Gasteiger partial charge on any atom is 0.264 e. The standard InChI is InChI=1S/C26H29ClN2O3S/c1-19(2)16-24(21-10-6-4-7-11-21)28-26(30)18-29(25-15-14-22(27)17-20(25)3)33(31,32)23-12-8-5-9-13-23/h4-15,17,19,24H,16,18H2,1-3H3,(H,28,30). The second-order valence-corrected chi connectivity index (χ2v) is 10.7. The zero-order valence-corrected chi connectivity index (χ0v) is 20.6. The SMILES string of the molecule is Cc1cc(Cl)ccc1N(CC(=O)NC(CC(C)C)c1ccccc1)S(=O)(=O)c1ccccc1. The van der Waals surface area contributed by atoms with Crippen LogP contribution in [0.5, 0.6) is 0 Å². The van der Waals surface area contributed by atoms with Crippen molar-refractivity contribution in [3.8, 4) is 0 Å². The Morgan fingerprint density at radius 1 is 0.970 bits per heavy atom. The number of aryl methyl sites for hydroxylation is 1. The molecule has 0 saturated carbocycles. The van der Waals surface area contributed by atoms with Gasteiger partial charge in [0.25, 0.3) is 10.0 Å². The van der Waals surface area contributed by atoms with Crippen LogP contribution < -0.4 is 9.62 Å². The van der Waals surface area contributed by atoms with Crippen LogP contribution in [-0.4, -0.2) is 20.9 Å². The van der Waals surface area contributed by atoms with Crippen molar-refractivity contribution in [3.63, 3.8) is 0 Å². The van der Waals surface area contributed by atoms with Crippen LogP contribution in [0.4, 0.5) is 5.69 Å². The number of amides is 1. The van der Waals surface area contributed by atoms with Crippen molar-refractivity contribution >= 4 is 33.2 Å². The quantitative estimate of drug-likeness (QED) is 0.420. The summed E-state index contributed by atoms with van der Waals surface area (Å²) in [6.45, 7) is 5.61. The average Bonchev–Trinajstić information content (AvgIpc) is 2.78. The van der Waals surface area contributed by atoms with Gasteiger partial charge in [-0.1, -0.05) is 74.0 Å². The molecule has 3 aromatic carbocycles. The van der Waals surface area contributed by atoms with E-state index < -0.39 is 10.0 Å². The van der Waals surface area contributed by atoms with Gasteiger partial charge in [0.15, 0.2) is 0 Å². The lowest BCUT2D eigenvalue weighted by atomic mass is 9.97. The van der Waals surface area contributed by atoms with E-state index in [4.69, 9.17) is 11.6 Å². The molecule has 3 rings (SSSR count). The molecule has 0 fully saturated rings. The van der Waals surface area contributed by atoms with Gasteiger partial charge in [-0.2, -0.15) is 0 Å². The fraction of sp³-hybridized carbons (Fsp3) is 0.269. The molecule has 7 heteroatoms. The van der Waals surface area contributed by atoms with Gasteiger partial charge >= 0.3 is 0 Å². The van der Waals surface area contributed by atoms with E-state index in [-0.39, 0.29) is 23.4 Å². The van der Waals surface area contributed by atoms with Gasteiger partial charge in [0, 0.05) is 5.02 Å². The summed E-state index contributed by atoms with van der Waals surface area (Å²) >= 11 is 6.10. The molecule has 0 aliphatic carbocycles. The van der Waals surface area contributed by atoms with E-state index in [0.717, 1.165) is 16.3 Å². The lowest BCUT2D eigenvalue weighted by Crippen LogP contribution is -2.42. The number of rotatable bonds is 9. The first kappa shape index (κ1) is 24.8. The normalized spacial score (nSPS) is 12.4. The second kappa shape index (κ2) is 10.9. The predicted octanol–water partition coefficient (Wildman–Crippen LogP) is 5.75. The largest absolute Gasteiger partial charge is 0.348 e. The van der Waals surface area contributed by atoms with Crippen LogP contribution in [0.2, 0.25) is 5.02 Å². The maximum atomic E-state index is 13.6. The minimum atomic E-state index is -3.98. The van der Waals surface area contributed by atoms with Crippen LogP contribution in [-0.2, 0) is 14.8 Å². The van der Waals surface area contributed by atoms with E-state index in [9.17, 15) is 13.2 Å². The molecule has 0 bridgehead atoms. The molecule has 3 aromatic rings. The van der Waals surface area contributed by atoms with Crippen LogP contribution >= 0.6 is 11.6 Å². The number of sulfonamides is 1. The molecule has 174 valence electrons. The molecule has 5 nitrogen and oxygen atoms in total. The molecular weight excluding hydrogens is 456 g/mol. The van der Waals surface area contributed by atoms with Gasteiger partial charge in [-0.25, -0.2) is 8.42 Å². The Bertz CT molecular complexity index is 1180. The van der Waals surface area contributed by atoms with E-state index in [0.29, 0.717) is 22.2 Å². The van der Waals surface area contributed by atoms with Crippen molar-refractivity contribution in [1.29, 1.82) is 0 Å². The summed E-state index contributed by atoms with van der Waals surface area (Å²) in [5.41, 5.74) is 2.06. The average molecular weight is 485 g/mol. The Balaban J connectivity index is 1.95. The first-order valence-electron chi connectivity index (χ1n) is 10.9. The Morgan fingerprint density at radius 3 is 2.15 bits per heavy atom. The molecule has 1 atom stereocenters. The summed E-state index contributed by atoms with van der Waals surface area (Å²) in [5.74, 6) is -0.0310. The molecule has 0 radical (unpaired) electrons. The van der Waals surface area contributed by atoms with Gasteiger partial charge in [-0.15, -0.1) is 0 Å². The number of nitrogens with one attached hydrogen (secondary N) is 1. The molecular formula is C26H29ClN2O3S. The zero-order valence-electron chi connectivity index (χ0n) is 19.0. The molecule has 1 amide bonds. The molecule has 1 N–H and O–H groups in total. The fourth-order valence-electron chi connectivity index (χ4n) is 3.72. The second-order valence-electron chi connectivity index (χ2n) is 8.42. The van der Waals surface area contributed by atoms with Gasteiger partial charge < -0.3 is 5.32 Å². The highest BCUT2D eigenvalue weighted by Gasteiger charge is 2.29. The van der Waals surface area contributed by atoms with Crippen LogP contribution in [0.3, 0.4) is 0 Å². The molecule has 33 heavy (non-hydrogen) atoms. The van der Waals surface area contributed by atoms with E-state index >= 15 is 0 Å². The number of nitrogens with zero attached hydrogens (tertiary/aromatic N) is 1. The van der Waals surface area contributed by atoms with E-state index in [1.807, 2.05) is 30.3 Å². The first-order chi connectivity index (χ1) is 15.7. The zero-order chi connectivity index (χ0) is 24.0. The molecule has 0 aliphatic heterocycles. The molecule has 0 saturated heterocycles. The molecule has 0 heterocycles. The predicted molar refractivity (Wildman–Crippen MR) is 134 cm³/mol. The number of hydrogen-bond donors (Lipinski definition) is 1. The summed E-state index contributed by atoms with van der Waals surface area (Å²) < 4.78 is 28.3. The summed E-state index contributed by atoms with van der Waals surface area (Å²) in [7, 11) is -3.98. The van der Waals surface area contributed by atoms with Gasteiger partial charge in [0.05, 0.1) is 16.6 Å². The van der Waals surface area contributed by atoms with Crippen molar-refractivity contribution in [1.82, 2.24) is 5.32 Å². The smallest absolute Gasteiger partial charge is 0.264 e. The van der Waals surface area contributed by atoms with Gasteiger partial charge in [0.1, 0.15) is 6.54 Å². The number of hydrogen-bond acceptors (Lipinski definition) is 3. The third-order valence-electron chi connectivity index (χ3n) is 5.29. The van der Waals surface area contributed by atoms with Gasteiger partial charge in [-0.05, 0) is 60.7 Å².